The van der Waals surface area contributed by atoms with Gasteiger partial charge in [0.1, 0.15) is 5.82 Å². The summed E-state index contributed by atoms with van der Waals surface area (Å²) in [6, 6.07) is 3.93. The third kappa shape index (κ3) is 1.23. The number of hydrogen-bond donors (Lipinski definition) is 0. The van der Waals surface area contributed by atoms with Crippen LogP contribution in [0.5, 0.6) is 5.75 Å². The zero-order valence-corrected chi connectivity index (χ0v) is 5.32. The normalized spacial score (nSPS) is 9.50. The Balaban J connectivity index is 3.09. The summed E-state index contributed by atoms with van der Waals surface area (Å²) in [6.45, 7) is 0. The summed E-state index contributed by atoms with van der Waals surface area (Å²) in [6.07, 6.45) is 0. The summed E-state index contributed by atoms with van der Waals surface area (Å²) in [5.41, 5.74) is 0. The highest BCUT2D eigenvalue weighted by molar-refractivity contribution is 5.23. The van der Waals surface area contributed by atoms with Crippen molar-refractivity contribution < 1.29 is 13.5 Å². The molecule has 0 bridgehead atoms. The van der Waals surface area contributed by atoms with E-state index in [1.165, 1.54) is 7.11 Å². The smallest absolute Gasteiger partial charge is 0.173 e. The molecule has 0 saturated heterocycles. The summed E-state index contributed by atoms with van der Waals surface area (Å²) in [4.78, 5) is 0. The Labute approximate surface area is 57.2 Å². The van der Waals surface area contributed by atoms with E-state index in [0.29, 0.717) is 0 Å². The minimum atomic E-state index is -0.677. The van der Waals surface area contributed by atoms with Gasteiger partial charge in [0.2, 0.25) is 0 Å². The first-order chi connectivity index (χ1) is 4.74. The lowest BCUT2D eigenvalue weighted by molar-refractivity contribution is 0.382. The number of benzene rings is 1. The molecule has 0 unspecified atom stereocenters. The van der Waals surface area contributed by atoms with E-state index in [1.54, 1.807) is 0 Å². The second-order valence-electron chi connectivity index (χ2n) is 1.70. The van der Waals surface area contributed by atoms with Crippen LogP contribution in [0.15, 0.2) is 12.1 Å². The van der Waals surface area contributed by atoms with E-state index in [0.717, 1.165) is 12.1 Å². The highest BCUT2D eigenvalue weighted by Crippen LogP contribution is 2.15. The third-order valence-electron chi connectivity index (χ3n) is 1.04. The van der Waals surface area contributed by atoms with Crippen LogP contribution in [-0.2, 0) is 0 Å². The van der Waals surface area contributed by atoms with E-state index < -0.39 is 11.6 Å². The monoisotopic (exact) mass is 143 g/mol. The van der Waals surface area contributed by atoms with Crippen molar-refractivity contribution in [3.63, 3.8) is 0 Å². The summed E-state index contributed by atoms with van der Waals surface area (Å²) in [5.74, 6) is -1.36. The maximum Gasteiger partial charge on any atom is 0.173 e. The molecule has 0 saturated carbocycles. The molecule has 0 aliphatic heterocycles. The Kier molecular flexibility index (Phi) is 1.85. The number of halogens is 2. The van der Waals surface area contributed by atoms with Gasteiger partial charge in [-0.15, -0.1) is 0 Å². The summed E-state index contributed by atoms with van der Waals surface area (Å²) >= 11 is 0. The van der Waals surface area contributed by atoms with Crippen molar-refractivity contribution in [2.75, 3.05) is 7.11 Å². The minimum absolute atomic E-state index is 0.125. The fraction of sp³-hybridized carbons (Fsp3) is 0.143. The lowest BCUT2D eigenvalue weighted by Crippen LogP contribution is -1.88. The zero-order valence-electron chi connectivity index (χ0n) is 5.32. The summed E-state index contributed by atoms with van der Waals surface area (Å²) in [7, 11) is 1.27. The quantitative estimate of drug-likeness (QED) is 0.582. The second-order valence-corrected chi connectivity index (χ2v) is 1.70. The fourth-order valence-electron chi connectivity index (χ4n) is 0.582. The van der Waals surface area contributed by atoms with Crippen molar-refractivity contribution in [1.82, 2.24) is 0 Å². The molecule has 3 heteroatoms. The standard InChI is InChI=1S/C7H5F2O/c1-10-7-4-5(8)2-3-6(7)9/h2,4H,1H3. The van der Waals surface area contributed by atoms with Gasteiger partial charge in [-0.05, 0) is 6.07 Å². The van der Waals surface area contributed by atoms with Crippen molar-refractivity contribution in [3.05, 3.63) is 29.8 Å². The topological polar surface area (TPSA) is 9.23 Å². The highest BCUT2D eigenvalue weighted by Gasteiger charge is 2.01. The van der Waals surface area contributed by atoms with Gasteiger partial charge in [0.25, 0.3) is 0 Å². The van der Waals surface area contributed by atoms with Gasteiger partial charge in [0.05, 0.1) is 7.11 Å². The van der Waals surface area contributed by atoms with Gasteiger partial charge < -0.3 is 4.74 Å². The molecule has 0 aliphatic rings. The average Bonchev–Trinajstić information content (AvgIpc) is 1.94. The maximum atomic E-state index is 12.4. The van der Waals surface area contributed by atoms with E-state index in [1.807, 2.05) is 0 Å². The van der Waals surface area contributed by atoms with Crippen LogP contribution in [-0.4, -0.2) is 7.11 Å². The SMILES string of the molecule is COc1cc(F)c[c]c1F. The molecule has 53 valence electrons. The van der Waals surface area contributed by atoms with Crippen LogP contribution >= 0.6 is 0 Å². The molecule has 1 aromatic rings. The Morgan fingerprint density at radius 3 is 2.70 bits per heavy atom. The Morgan fingerprint density at radius 1 is 1.50 bits per heavy atom. The van der Waals surface area contributed by atoms with Crippen molar-refractivity contribution in [3.8, 4) is 5.75 Å². The van der Waals surface area contributed by atoms with Gasteiger partial charge in [-0.3, -0.25) is 0 Å². The van der Waals surface area contributed by atoms with Gasteiger partial charge in [0.15, 0.2) is 11.6 Å². The van der Waals surface area contributed by atoms with Crippen LogP contribution in [0.2, 0.25) is 0 Å². The van der Waals surface area contributed by atoms with E-state index in [4.69, 9.17) is 0 Å². The first-order valence-corrected chi connectivity index (χ1v) is 2.65. The van der Waals surface area contributed by atoms with Gasteiger partial charge in [0, 0.05) is 12.1 Å². The van der Waals surface area contributed by atoms with Gasteiger partial charge in [-0.2, -0.15) is 0 Å². The molecular formula is C7H5F2O. The van der Waals surface area contributed by atoms with Gasteiger partial charge >= 0.3 is 0 Å². The zero-order chi connectivity index (χ0) is 7.56. The van der Waals surface area contributed by atoms with Crippen LogP contribution in [0, 0.1) is 17.7 Å². The van der Waals surface area contributed by atoms with Gasteiger partial charge in [-0.25, -0.2) is 8.78 Å². The minimum Gasteiger partial charge on any atom is -0.494 e. The van der Waals surface area contributed by atoms with Crippen LogP contribution < -0.4 is 4.74 Å². The molecule has 0 heterocycles. The molecule has 0 fully saturated rings. The molecule has 0 amide bonds. The first kappa shape index (κ1) is 6.99. The van der Waals surface area contributed by atoms with Crippen LogP contribution in [0.4, 0.5) is 8.78 Å². The molecule has 1 rings (SSSR count). The molecule has 1 radical (unpaired) electrons. The predicted molar refractivity (Wildman–Crippen MR) is 31.7 cm³/mol. The molecule has 0 aliphatic carbocycles. The highest BCUT2D eigenvalue weighted by atomic mass is 19.1. The molecule has 0 atom stereocenters. The predicted octanol–water partition coefficient (Wildman–Crippen LogP) is 1.77. The van der Waals surface area contributed by atoms with Crippen LogP contribution in [0.1, 0.15) is 0 Å². The Bertz CT molecular complexity index is 235. The largest absolute Gasteiger partial charge is 0.494 e. The molecule has 1 nitrogen and oxygen atoms in total. The molecule has 0 N–H and O–H groups in total. The van der Waals surface area contributed by atoms with Crippen LogP contribution in [0.25, 0.3) is 0 Å². The lowest BCUT2D eigenvalue weighted by atomic mass is 10.3. The van der Waals surface area contributed by atoms with E-state index in [2.05, 4.69) is 10.8 Å². The van der Waals surface area contributed by atoms with Crippen molar-refractivity contribution >= 4 is 0 Å². The molecule has 0 spiro atoms. The Hall–Kier alpha value is -1.12. The van der Waals surface area contributed by atoms with Gasteiger partial charge in [-0.1, -0.05) is 0 Å². The lowest BCUT2D eigenvalue weighted by Gasteiger charge is -1.98. The Morgan fingerprint density at radius 2 is 2.20 bits per heavy atom. The van der Waals surface area contributed by atoms with Crippen molar-refractivity contribution in [2.24, 2.45) is 0 Å². The van der Waals surface area contributed by atoms with Crippen molar-refractivity contribution in [1.29, 1.82) is 0 Å². The number of rotatable bonds is 1. The molecule has 0 aromatic heterocycles. The fourth-order valence-corrected chi connectivity index (χ4v) is 0.582. The van der Waals surface area contributed by atoms with E-state index >= 15 is 0 Å². The van der Waals surface area contributed by atoms with E-state index in [-0.39, 0.29) is 5.75 Å². The van der Waals surface area contributed by atoms with Crippen LogP contribution in [0.3, 0.4) is 0 Å². The maximum absolute atomic E-state index is 12.4. The average molecular weight is 143 g/mol. The number of ether oxygens (including phenoxy) is 1. The van der Waals surface area contributed by atoms with E-state index in [9.17, 15) is 8.78 Å². The molecule has 10 heavy (non-hydrogen) atoms. The summed E-state index contributed by atoms with van der Waals surface area (Å²) in [5, 5.41) is 0. The number of methoxy groups -OCH3 is 1. The molecule has 1 aromatic carbocycles. The third-order valence-corrected chi connectivity index (χ3v) is 1.04. The summed E-state index contributed by atoms with van der Waals surface area (Å²) < 4.78 is 29.2. The molecular weight excluding hydrogens is 138 g/mol. The number of hydrogen-bond acceptors (Lipinski definition) is 1. The first-order valence-electron chi connectivity index (χ1n) is 2.65. The second kappa shape index (κ2) is 2.64. The van der Waals surface area contributed by atoms with Crippen molar-refractivity contribution in [2.45, 2.75) is 0 Å².